The monoisotopic (exact) mass is 307 g/mol. The summed E-state index contributed by atoms with van der Waals surface area (Å²) in [7, 11) is 0. The predicted octanol–water partition coefficient (Wildman–Crippen LogP) is 4.75. The molecule has 1 saturated heterocycles. The van der Waals surface area contributed by atoms with Crippen LogP contribution in [-0.4, -0.2) is 13.1 Å². The van der Waals surface area contributed by atoms with Crippen molar-refractivity contribution >= 4 is 11.6 Å². The van der Waals surface area contributed by atoms with Gasteiger partial charge >= 0.3 is 0 Å². The molecule has 0 spiro atoms. The topological polar surface area (TPSA) is 12.0 Å². The quantitative estimate of drug-likeness (QED) is 0.844. The molecule has 0 radical (unpaired) electrons. The summed E-state index contributed by atoms with van der Waals surface area (Å²) in [6.07, 6.45) is 2.01. The van der Waals surface area contributed by atoms with Gasteiger partial charge in [0, 0.05) is 0 Å². The summed E-state index contributed by atoms with van der Waals surface area (Å²) in [5, 5.41) is 3.36. The van der Waals surface area contributed by atoms with Gasteiger partial charge in [0.15, 0.2) is 0 Å². The van der Waals surface area contributed by atoms with Crippen molar-refractivity contribution in [3.05, 3.63) is 58.6 Å². The van der Waals surface area contributed by atoms with E-state index in [0.29, 0.717) is 5.92 Å². The minimum atomic E-state index is -0.463. The largest absolute Gasteiger partial charge is 0.317 e. The summed E-state index contributed by atoms with van der Waals surface area (Å²) in [5.74, 6) is -0.353. The van der Waals surface area contributed by atoms with Crippen molar-refractivity contribution in [1.82, 2.24) is 5.32 Å². The number of halogens is 3. The maximum Gasteiger partial charge on any atom is 0.141 e. The van der Waals surface area contributed by atoms with E-state index in [0.717, 1.165) is 42.6 Å². The highest BCUT2D eigenvalue weighted by Gasteiger charge is 2.17. The third-order valence-corrected chi connectivity index (χ3v) is 4.27. The summed E-state index contributed by atoms with van der Waals surface area (Å²) in [6.45, 7) is 1.91. The fourth-order valence-electron chi connectivity index (χ4n) is 2.85. The zero-order valence-corrected chi connectivity index (χ0v) is 12.3. The van der Waals surface area contributed by atoms with Crippen LogP contribution in [0, 0.1) is 11.6 Å². The smallest absolute Gasteiger partial charge is 0.141 e. The molecule has 1 heterocycles. The molecule has 1 aliphatic rings. The van der Waals surface area contributed by atoms with E-state index in [1.54, 1.807) is 12.1 Å². The molecular weight excluding hydrogens is 292 g/mol. The van der Waals surface area contributed by atoms with E-state index in [-0.39, 0.29) is 10.8 Å². The molecule has 0 unspecified atom stereocenters. The van der Waals surface area contributed by atoms with E-state index in [1.807, 2.05) is 6.07 Å². The van der Waals surface area contributed by atoms with Gasteiger partial charge in [0.05, 0.1) is 5.02 Å². The molecule has 0 aromatic heterocycles. The lowest BCUT2D eigenvalue weighted by atomic mass is 9.88. The average Bonchev–Trinajstić information content (AvgIpc) is 2.50. The van der Waals surface area contributed by atoms with Gasteiger partial charge in [0.2, 0.25) is 0 Å². The number of nitrogens with one attached hydrogen (secondary N) is 1. The van der Waals surface area contributed by atoms with E-state index in [4.69, 9.17) is 11.6 Å². The summed E-state index contributed by atoms with van der Waals surface area (Å²) in [6, 6.07) is 9.54. The molecule has 0 bridgehead atoms. The molecule has 2 aromatic rings. The van der Waals surface area contributed by atoms with E-state index in [1.165, 1.54) is 18.2 Å². The molecule has 0 amide bonds. The fourth-order valence-corrected chi connectivity index (χ4v) is 3.03. The summed E-state index contributed by atoms with van der Waals surface area (Å²) in [5.41, 5.74) is 2.48. The Morgan fingerprint density at radius 1 is 0.952 bits per heavy atom. The number of piperidine rings is 1. The first-order valence-corrected chi connectivity index (χ1v) is 7.48. The number of rotatable bonds is 2. The van der Waals surface area contributed by atoms with Gasteiger partial charge in [-0.05, 0) is 72.8 Å². The molecule has 110 valence electrons. The Kier molecular flexibility index (Phi) is 4.22. The molecule has 1 N–H and O–H groups in total. The molecule has 0 atom stereocenters. The lowest BCUT2D eigenvalue weighted by Gasteiger charge is -2.23. The van der Waals surface area contributed by atoms with Crippen molar-refractivity contribution in [2.75, 3.05) is 13.1 Å². The maximum atomic E-state index is 13.9. The van der Waals surface area contributed by atoms with Crippen LogP contribution in [0.2, 0.25) is 5.02 Å². The molecule has 1 fully saturated rings. The number of benzene rings is 2. The molecule has 0 saturated carbocycles. The minimum absolute atomic E-state index is 0.0557. The Morgan fingerprint density at radius 3 is 2.43 bits per heavy atom. The first-order valence-electron chi connectivity index (χ1n) is 7.10. The fraction of sp³-hybridized carbons (Fsp3) is 0.294. The van der Waals surface area contributed by atoms with Crippen molar-refractivity contribution in [2.24, 2.45) is 0 Å². The zero-order valence-electron chi connectivity index (χ0n) is 11.5. The van der Waals surface area contributed by atoms with Crippen LogP contribution in [0.3, 0.4) is 0 Å². The molecule has 4 heteroatoms. The average molecular weight is 308 g/mol. The molecule has 3 rings (SSSR count). The van der Waals surface area contributed by atoms with Crippen molar-refractivity contribution in [1.29, 1.82) is 0 Å². The van der Waals surface area contributed by atoms with Crippen molar-refractivity contribution in [3.8, 4) is 11.1 Å². The minimum Gasteiger partial charge on any atom is -0.317 e. The molecule has 0 aliphatic carbocycles. The highest BCUT2D eigenvalue weighted by atomic mass is 35.5. The summed E-state index contributed by atoms with van der Waals surface area (Å²) >= 11 is 5.81. The van der Waals surface area contributed by atoms with Crippen LogP contribution in [0.5, 0.6) is 0 Å². The lowest BCUT2D eigenvalue weighted by molar-refractivity contribution is 0.458. The van der Waals surface area contributed by atoms with Gasteiger partial charge in [-0.3, -0.25) is 0 Å². The number of hydrogen-bond acceptors (Lipinski definition) is 1. The van der Waals surface area contributed by atoms with Crippen LogP contribution in [-0.2, 0) is 0 Å². The van der Waals surface area contributed by atoms with Crippen molar-refractivity contribution in [3.63, 3.8) is 0 Å². The van der Waals surface area contributed by atoms with Gasteiger partial charge in [0.25, 0.3) is 0 Å². The van der Waals surface area contributed by atoms with Gasteiger partial charge in [-0.2, -0.15) is 0 Å². The van der Waals surface area contributed by atoms with Crippen molar-refractivity contribution in [2.45, 2.75) is 18.8 Å². The number of hydrogen-bond donors (Lipinski definition) is 1. The van der Waals surface area contributed by atoms with Gasteiger partial charge in [-0.25, -0.2) is 8.78 Å². The second kappa shape index (κ2) is 6.12. The standard InChI is InChI=1S/C17H16ClF2N/c18-16-10-12(1-2-17(16)20)14-7-13(8-15(19)9-14)11-3-5-21-6-4-11/h1-2,7-11,21H,3-6H2. The van der Waals surface area contributed by atoms with Gasteiger partial charge in [0.1, 0.15) is 11.6 Å². The first-order chi connectivity index (χ1) is 10.1. The second-order valence-electron chi connectivity index (χ2n) is 5.43. The van der Waals surface area contributed by atoms with Crippen LogP contribution in [0.1, 0.15) is 24.3 Å². The molecular formula is C17H16ClF2N. The normalized spacial score (nSPS) is 16.1. The Bertz CT molecular complexity index is 651. The Hall–Kier alpha value is -1.45. The van der Waals surface area contributed by atoms with E-state index >= 15 is 0 Å². The van der Waals surface area contributed by atoms with Crippen LogP contribution in [0.25, 0.3) is 11.1 Å². The van der Waals surface area contributed by atoms with E-state index < -0.39 is 5.82 Å². The Labute approximate surface area is 127 Å². The molecule has 1 nitrogen and oxygen atoms in total. The Morgan fingerprint density at radius 2 is 1.71 bits per heavy atom. The first kappa shape index (κ1) is 14.5. The van der Waals surface area contributed by atoms with Crippen LogP contribution >= 0.6 is 11.6 Å². The lowest BCUT2D eigenvalue weighted by Crippen LogP contribution is -2.26. The van der Waals surface area contributed by atoms with Gasteiger partial charge in [-0.15, -0.1) is 0 Å². The van der Waals surface area contributed by atoms with Crippen LogP contribution in [0.4, 0.5) is 8.78 Å². The Balaban J connectivity index is 1.98. The maximum absolute atomic E-state index is 13.9. The third-order valence-electron chi connectivity index (χ3n) is 3.98. The summed E-state index contributed by atoms with van der Waals surface area (Å²) in [4.78, 5) is 0. The molecule has 1 aliphatic heterocycles. The predicted molar refractivity (Wildman–Crippen MR) is 81.6 cm³/mol. The van der Waals surface area contributed by atoms with Gasteiger partial charge < -0.3 is 5.32 Å². The zero-order chi connectivity index (χ0) is 14.8. The SMILES string of the molecule is Fc1cc(-c2ccc(F)c(Cl)c2)cc(C2CCNCC2)c1. The molecule has 21 heavy (non-hydrogen) atoms. The van der Waals surface area contributed by atoms with Crippen LogP contribution < -0.4 is 5.32 Å². The summed E-state index contributed by atoms with van der Waals surface area (Å²) < 4.78 is 27.2. The van der Waals surface area contributed by atoms with Crippen LogP contribution in [0.15, 0.2) is 36.4 Å². The highest BCUT2D eigenvalue weighted by molar-refractivity contribution is 6.31. The second-order valence-corrected chi connectivity index (χ2v) is 5.83. The van der Waals surface area contributed by atoms with Crippen molar-refractivity contribution < 1.29 is 8.78 Å². The van der Waals surface area contributed by atoms with E-state index in [9.17, 15) is 8.78 Å². The molecule has 2 aromatic carbocycles. The third kappa shape index (κ3) is 3.25. The van der Waals surface area contributed by atoms with E-state index in [2.05, 4.69) is 5.32 Å². The highest BCUT2D eigenvalue weighted by Crippen LogP contribution is 2.31. The van der Waals surface area contributed by atoms with Gasteiger partial charge in [-0.1, -0.05) is 23.7 Å².